The summed E-state index contributed by atoms with van der Waals surface area (Å²) in [5.41, 5.74) is -0.367. The lowest BCUT2D eigenvalue weighted by molar-refractivity contribution is -0.138. The maximum Gasteiger partial charge on any atom is 0.417 e. The Bertz CT molecular complexity index is 1540. The molecule has 2 N–H and O–H groups in total. The number of hydrogen-bond donors (Lipinski definition) is 2. The number of anilines is 3. The van der Waals surface area contributed by atoms with Gasteiger partial charge in [-0.05, 0) is 57.2 Å². The summed E-state index contributed by atoms with van der Waals surface area (Å²) in [6.45, 7) is 6.34. The predicted octanol–water partition coefficient (Wildman–Crippen LogP) is 5.61. The Labute approximate surface area is 241 Å². The van der Waals surface area contributed by atoms with Crippen LogP contribution in [-0.4, -0.2) is 61.1 Å². The molecule has 11 heteroatoms. The lowest BCUT2D eigenvalue weighted by atomic mass is 9.96. The van der Waals surface area contributed by atoms with Gasteiger partial charge in [0.15, 0.2) is 0 Å². The van der Waals surface area contributed by atoms with Gasteiger partial charge in [-0.25, -0.2) is 4.39 Å². The number of benzene rings is 2. The second-order valence-electron chi connectivity index (χ2n) is 11.0. The smallest absolute Gasteiger partial charge is 0.367 e. The molecule has 5 rings (SSSR count). The minimum absolute atomic E-state index is 0.112. The molecule has 1 saturated heterocycles. The van der Waals surface area contributed by atoms with Gasteiger partial charge < -0.3 is 20.1 Å². The second kappa shape index (κ2) is 11.6. The summed E-state index contributed by atoms with van der Waals surface area (Å²) >= 11 is 0. The predicted molar refractivity (Wildman–Crippen MR) is 157 cm³/mol. The highest BCUT2D eigenvalue weighted by Gasteiger charge is 2.36. The van der Waals surface area contributed by atoms with Crippen molar-refractivity contribution >= 4 is 28.5 Å². The molecule has 0 spiro atoms. The Morgan fingerprint density at radius 2 is 1.71 bits per heavy atom. The summed E-state index contributed by atoms with van der Waals surface area (Å²) in [5.74, 6) is -1.53. The summed E-state index contributed by atoms with van der Waals surface area (Å²) in [6.07, 6.45) is -1.69. The first kappa shape index (κ1) is 29.4. The first-order chi connectivity index (χ1) is 19.9. The summed E-state index contributed by atoms with van der Waals surface area (Å²) in [5, 5.41) is 2.62. The number of aromatic nitrogens is 1. The number of aromatic amines is 1. The van der Waals surface area contributed by atoms with E-state index in [4.69, 9.17) is 0 Å². The molecule has 0 aliphatic carbocycles. The molecule has 1 aromatic heterocycles. The molecule has 0 bridgehead atoms. The van der Waals surface area contributed by atoms with Gasteiger partial charge in [0.1, 0.15) is 5.82 Å². The third kappa shape index (κ3) is 6.06. The van der Waals surface area contributed by atoms with E-state index in [0.29, 0.717) is 44.4 Å². The topological polar surface area (TPSA) is 71.7 Å². The molecule has 3 heterocycles. The molecule has 2 aliphatic heterocycles. The molecule has 3 aromatic rings. The van der Waals surface area contributed by atoms with Crippen molar-refractivity contribution < 1.29 is 22.4 Å². The molecule has 1 amide bonds. The fraction of sp³-hybridized carbons (Fsp3) is 0.355. The zero-order chi connectivity index (χ0) is 30.2. The van der Waals surface area contributed by atoms with Crippen molar-refractivity contribution in [3.63, 3.8) is 0 Å². The van der Waals surface area contributed by atoms with Crippen LogP contribution in [0.3, 0.4) is 0 Å². The van der Waals surface area contributed by atoms with Crippen LogP contribution in [0.5, 0.6) is 0 Å². The van der Waals surface area contributed by atoms with Gasteiger partial charge in [0.25, 0.3) is 5.91 Å². The summed E-state index contributed by atoms with van der Waals surface area (Å²) in [6, 6.07) is 13.3. The molecule has 0 saturated carbocycles. The van der Waals surface area contributed by atoms with Crippen LogP contribution >= 0.6 is 0 Å². The largest absolute Gasteiger partial charge is 0.417 e. The van der Waals surface area contributed by atoms with Gasteiger partial charge in [-0.2, -0.15) is 13.2 Å². The van der Waals surface area contributed by atoms with Gasteiger partial charge >= 0.3 is 6.18 Å². The standard InChI is InChI=1S/C31H33F4N5O2/c1-19-17-40(18-20(2)38(19)3)28-15-26(32)23(21-9-11-39(12-10-21)22-7-5-4-6-8-22)13-27(28)37-30(42)24-16-36-29(41)14-25(24)31(33,34)35/h4-9,13-16,19-20H,10-12,17-18H2,1-3H3,(H,36,41)(H,37,42)/t19-,20+. The fourth-order valence-electron chi connectivity index (χ4n) is 5.64. The minimum Gasteiger partial charge on any atom is -0.367 e. The molecular formula is C31H33F4N5O2. The summed E-state index contributed by atoms with van der Waals surface area (Å²) < 4.78 is 57.0. The number of piperazine rings is 1. The maximum absolute atomic E-state index is 15.8. The minimum atomic E-state index is -4.92. The number of alkyl halides is 3. The van der Waals surface area contributed by atoms with Crippen LogP contribution in [0, 0.1) is 5.82 Å². The lowest BCUT2D eigenvalue weighted by Crippen LogP contribution is -2.55. The van der Waals surface area contributed by atoms with Crippen molar-refractivity contribution in [2.24, 2.45) is 0 Å². The fourth-order valence-corrected chi connectivity index (χ4v) is 5.64. The maximum atomic E-state index is 15.8. The zero-order valence-corrected chi connectivity index (χ0v) is 23.6. The number of rotatable bonds is 5. The first-order valence-electron chi connectivity index (χ1n) is 13.8. The van der Waals surface area contributed by atoms with E-state index >= 15 is 4.39 Å². The summed E-state index contributed by atoms with van der Waals surface area (Å²) in [7, 11) is 2.00. The van der Waals surface area contributed by atoms with Crippen LogP contribution < -0.4 is 20.7 Å². The number of halogens is 4. The van der Waals surface area contributed by atoms with E-state index in [-0.39, 0.29) is 23.3 Å². The van der Waals surface area contributed by atoms with E-state index in [9.17, 15) is 22.8 Å². The molecular weight excluding hydrogens is 550 g/mol. The van der Waals surface area contributed by atoms with Crippen LogP contribution in [0.25, 0.3) is 5.57 Å². The second-order valence-corrected chi connectivity index (χ2v) is 11.0. The van der Waals surface area contributed by atoms with Crippen molar-refractivity contribution in [1.29, 1.82) is 0 Å². The monoisotopic (exact) mass is 583 g/mol. The summed E-state index contributed by atoms with van der Waals surface area (Å²) in [4.78, 5) is 33.4. The molecule has 42 heavy (non-hydrogen) atoms. The number of carbonyl (C=O) groups is 1. The molecule has 1 fully saturated rings. The Balaban J connectivity index is 1.53. The van der Waals surface area contributed by atoms with Crippen molar-refractivity contribution in [2.75, 3.05) is 48.3 Å². The van der Waals surface area contributed by atoms with Gasteiger partial charge in [-0.1, -0.05) is 24.3 Å². The lowest BCUT2D eigenvalue weighted by Gasteiger charge is -2.44. The number of hydrogen-bond acceptors (Lipinski definition) is 5. The number of nitrogens with zero attached hydrogens (tertiary/aromatic N) is 3. The Morgan fingerprint density at radius 3 is 2.33 bits per heavy atom. The molecule has 2 aliphatic rings. The van der Waals surface area contributed by atoms with Crippen LogP contribution in [0.1, 0.15) is 41.8 Å². The number of para-hydroxylation sites is 1. The van der Waals surface area contributed by atoms with Crippen LogP contribution in [0.15, 0.2) is 65.6 Å². The zero-order valence-electron chi connectivity index (χ0n) is 23.6. The Kier molecular flexibility index (Phi) is 8.14. The number of carbonyl (C=O) groups excluding carboxylic acids is 1. The van der Waals surface area contributed by atoms with Crippen molar-refractivity contribution in [3.8, 4) is 0 Å². The van der Waals surface area contributed by atoms with Crippen molar-refractivity contribution in [1.82, 2.24) is 9.88 Å². The number of amides is 1. The van der Waals surface area contributed by atoms with Crippen LogP contribution in [0.2, 0.25) is 0 Å². The van der Waals surface area contributed by atoms with Crippen LogP contribution in [0.4, 0.5) is 34.6 Å². The SMILES string of the molecule is C[C@@H]1CN(c2cc(F)c(C3=CCN(c4ccccc4)CC3)cc2NC(=O)c2c[nH]c(=O)cc2C(F)(F)F)C[C@H](C)N1C. The normalized spacial score (nSPS) is 19.9. The number of H-pyrrole nitrogens is 1. The van der Waals surface area contributed by atoms with E-state index in [1.807, 2.05) is 62.2 Å². The van der Waals surface area contributed by atoms with Gasteiger partial charge in [-0.15, -0.1) is 0 Å². The highest BCUT2D eigenvalue weighted by molar-refractivity contribution is 6.07. The third-order valence-electron chi connectivity index (χ3n) is 8.18. The van der Waals surface area contributed by atoms with Crippen molar-refractivity contribution in [2.45, 2.75) is 38.5 Å². The highest BCUT2D eigenvalue weighted by atomic mass is 19.4. The van der Waals surface area contributed by atoms with E-state index in [2.05, 4.69) is 20.1 Å². The number of nitrogens with one attached hydrogen (secondary N) is 2. The molecule has 2 atom stereocenters. The van der Waals surface area contributed by atoms with Gasteiger partial charge in [0, 0.05) is 61.8 Å². The van der Waals surface area contributed by atoms with E-state index in [1.54, 1.807) is 0 Å². The molecule has 7 nitrogen and oxygen atoms in total. The Morgan fingerprint density at radius 1 is 1.02 bits per heavy atom. The average Bonchev–Trinajstić information content (AvgIpc) is 2.96. The quantitative estimate of drug-likeness (QED) is 0.383. The first-order valence-corrected chi connectivity index (χ1v) is 13.8. The third-order valence-corrected chi connectivity index (χ3v) is 8.18. The van der Waals surface area contributed by atoms with Gasteiger partial charge in [0.05, 0.1) is 22.5 Å². The van der Waals surface area contributed by atoms with Gasteiger partial charge in [0.2, 0.25) is 5.56 Å². The highest BCUT2D eigenvalue weighted by Crippen LogP contribution is 2.37. The van der Waals surface area contributed by atoms with E-state index < -0.39 is 34.6 Å². The van der Waals surface area contributed by atoms with Crippen LogP contribution in [-0.2, 0) is 6.18 Å². The van der Waals surface area contributed by atoms with E-state index in [1.165, 1.54) is 12.1 Å². The number of pyridine rings is 1. The molecule has 222 valence electrons. The van der Waals surface area contributed by atoms with Gasteiger partial charge in [-0.3, -0.25) is 14.5 Å². The molecule has 0 unspecified atom stereocenters. The number of likely N-dealkylation sites (N-methyl/N-ethyl adjacent to an activating group) is 1. The molecule has 2 aromatic carbocycles. The van der Waals surface area contributed by atoms with E-state index in [0.717, 1.165) is 17.5 Å². The average molecular weight is 584 g/mol. The van der Waals surface area contributed by atoms with Crippen molar-refractivity contribution in [3.05, 3.63) is 93.7 Å². The Hall–Kier alpha value is -4.12. The molecule has 0 radical (unpaired) electrons.